The van der Waals surface area contributed by atoms with Gasteiger partial charge in [-0.15, -0.1) is 0 Å². The number of aliphatic hydroxyl groups is 1. The fraction of sp³-hybridized carbons (Fsp3) is 0.200. The molecule has 0 saturated heterocycles. The molecule has 2 unspecified atom stereocenters. The maximum atomic E-state index is 13.9. The summed E-state index contributed by atoms with van der Waals surface area (Å²) in [6, 6.07) is 6.79. The van der Waals surface area contributed by atoms with Gasteiger partial charge in [0.2, 0.25) is 6.35 Å². The van der Waals surface area contributed by atoms with Crippen molar-refractivity contribution in [1.82, 2.24) is 20.5 Å². The third-order valence-electron chi connectivity index (χ3n) is 4.89. The van der Waals surface area contributed by atoms with Crippen LogP contribution in [0.15, 0.2) is 60.3 Å². The van der Waals surface area contributed by atoms with Gasteiger partial charge < -0.3 is 21.5 Å². The normalized spacial score (nSPS) is 17.8. The summed E-state index contributed by atoms with van der Waals surface area (Å²) in [5, 5.41) is 22.6. The molecular formula is C20H18F4N6O. The summed E-state index contributed by atoms with van der Waals surface area (Å²) >= 11 is 0. The van der Waals surface area contributed by atoms with Crippen LogP contribution in [0, 0.1) is 5.92 Å². The van der Waals surface area contributed by atoms with Crippen LogP contribution in [0.2, 0.25) is 0 Å². The maximum absolute atomic E-state index is 13.9. The van der Waals surface area contributed by atoms with Gasteiger partial charge in [-0.25, -0.2) is 4.39 Å². The monoisotopic (exact) mass is 434 g/mol. The lowest BCUT2D eigenvalue weighted by Crippen LogP contribution is -2.37. The van der Waals surface area contributed by atoms with Crippen LogP contribution in [0.5, 0.6) is 0 Å². The van der Waals surface area contributed by atoms with Gasteiger partial charge >= 0.3 is 6.18 Å². The van der Waals surface area contributed by atoms with E-state index in [-0.39, 0.29) is 0 Å². The number of alkyl halides is 3. The average Bonchev–Trinajstić information content (AvgIpc) is 3.10. The number of nitrogens with two attached hydrogens (primary N) is 1. The largest absolute Gasteiger partial charge is 0.395 e. The number of aromatic amines is 1. The van der Waals surface area contributed by atoms with Gasteiger partial charge in [0.25, 0.3) is 0 Å². The van der Waals surface area contributed by atoms with Gasteiger partial charge in [-0.05, 0) is 36.3 Å². The standard InChI is InChI=1S/C20H18F4N6O/c21-14-6-3-11(20(22,23)24)7-15(14)28-19(31)27-12-4-1-10(2-5-12)13-8-26-9-16-17(13)18(25)30-29-16/h1-2,4-9,11,19,27-28,31H,3H2,(H3,25,29,30). The zero-order chi connectivity index (χ0) is 22.2. The van der Waals surface area contributed by atoms with E-state index in [4.69, 9.17) is 5.73 Å². The molecule has 31 heavy (non-hydrogen) atoms. The molecule has 0 fully saturated rings. The molecule has 1 aromatic carbocycles. The molecule has 2 aromatic heterocycles. The molecule has 0 spiro atoms. The number of hydrogen-bond acceptors (Lipinski definition) is 6. The van der Waals surface area contributed by atoms with Crippen molar-refractivity contribution in [3.05, 3.63) is 60.3 Å². The summed E-state index contributed by atoms with van der Waals surface area (Å²) in [6.45, 7) is 0. The number of nitrogens with one attached hydrogen (secondary N) is 3. The molecular weight excluding hydrogens is 416 g/mol. The number of hydrogen-bond donors (Lipinski definition) is 5. The van der Waals surface area contributed by atoms with E-state index < -0.39 is 36.4 Å². The molecule has 0 radical (unpaired) electrons. The lowest BCUT2D eigenvalue weighted by Gasteiger charge is -2.24. The maximum Gasteiger partial charge on any atom is 0.395 e. The van der Waals surface area contributed by atoms with Crippen LogP contribution in [0.3, 0.4) is 0 Å². The lowest BCUT2D eigenvalue weighted by molar-refractivity contribution is -0.160. The van der Waals surface area contributed by atoms with Gasteiger partial charge in [0.05, 0.1) is 28.7 Å². The number of aliphatic hydroxyl groups excluding tert-OH is 1. The molecule has 162 valence electrons. The third kappa shape index (κ3) is 4.31. The highest BCUT2D eigenvalue weighted by Crippen LogP contribution is 2.35. The molecule has 2 atom stereocenters. The minimum Gasteiger partial charge on any atom is -0.382 e. The SMILES string of the molecule is Nc1n[nH]c2cncc(-c3ccc(NC(O)NC4=CC(C(F)(F)F)CC=C4F)cc3)c12. The van der Waals surface area contributed by atoms with Gasteiger partial charge in [0.1, 0.15) is 5.83 Å². The fourth-order valence-corrected chi connectivity index (χ4v) is 3.34. The second kappa shape index (κ2) is 7.91. The Morgan fingerprint density at radius 3 is 2.61 bits per heavy atom. The van der Waals surface area contributed by atoms with E-state index in [2.05, 4.69) is 25.8 Å². The van der Waals surface area contributed by atoms with Crippen LogP contribution >= 0.6 is 0 Å². The Kier molecular flexibility index (Phi) is 5.27. The van der Waals surface area contributed by atoms with Crippen LogP contribution in [0.25, 0.3) is 22.0 Å². The highest BCUT2D eigenvalue weighted by atomic mass is 19.4. The molecule has 0 saturated carbocycles. The smallest absolute Gasteiger partial charge is 0.382 e. The van der Waals surface area contributed by atoms with Crippen molar-refractivity contribution >= 4 is 22.4 Å². The molecule has 6 N–H and O–H groups in total. The minimum absolute atomic E-state index is 0.335. The number of halogens is 4. The van der Waals surface area contributed by atoms with Crippen molar-refractivity contribution in [3.8, 4) is 11.1 Å². The summed E-state index contributed by atoms with van der Waals surface area (Å²) in [5.74, 6) is -2.33. The van der Waals surface area contributed by atoms with Gasteiger partial charge in [-0.3, -0.25) is 10.1 Å². The molecule has 0 aliphatic heterocycles. The molecule has 2 heterocycles. The minimum atomic E-state index is -4.49. The first kappa shape index (κ1) is 20.7. The zero-order valence-corrected chi connectivity index (χ0v) is 15.9. The highest BCUT2D eigenvalue weighted by molar-refractivity contribution is 6.00. The number of benzene rings is 1. The van der Waals surface area contributed by atoms with Gasteiger partial charge in [0.15, 0.2) is 5.82 Å². The number of aromatic nitrogens is 3. The summed E-state index contributed by atoms with van der Waals surface area (Å²) in [4.78, 5) is 4.15. The fourth-order valence-electron chi connectivity index (χ4n) is 3.34. The van der Waals surface area contributed by atoms with Crippen molar-refractivity contribution in [2.45, 2.75) is 18.9 Å². The van der Waals surface area contributed by atoms with Crippen molar-refractivity contribution in [2.24, 2.45) is 5.92 Å². The highest BCUT2D eigenvalue weighted by Gasteiger charge is 2.39. The van der Waals surface area contributed by atoms with E-state index in [0.29, 0.717) is 17.0 Å². The molecule has 1 aliphatic carbocycles. The Bertz CT molecular complexity index is 1150. The number of anilines is 2. The number of pyridine rings is 1. The number of nitrogens with zero attached hydrogens (tertiary/aromatic N) is 2. The predicted molar refractivity (Wildman–Crippen MR) is 108 cm³/mol. The number of H-pyrrole nitrogens is 1. The Morgan fingerprint density at radius 2 is 1.90 bits per heavy atom. The van der Waals surface area contributed by atoms with Gasteiger partial charge in [0, 0.05) is 17.4 Å². The lowest BCUT2D eigenvalue weighted by atomic mass is 9.98. The Morgan fingerprint density at radius 1 is 1.16 bits per heavy atom. The van der Waals surface area contributed by atoms with Gasteiger partial charge in [-0.2, -0.15) is 18.3 Å². The van der Waals surface area contributed by atoms with E-state index in [1.807, 2.05) is 0 Å². The number of rotatable bonds is 5. The second-order valence-electron chi connectivity index (χ2n) is 7.00. The second-order valence-corrected chi connectivity index (χ2v) is 7.00. The van der Waals surface area contributed by atoms with E-state index in [9.17, 15) is 22.7 Å². The molecule has 0 bridgehead atoms. The van der Waals surface area contributed by atoms with Crippen molar-refractivity contribution in [3.63, 3.8) is 0 Å². The quantitative estimate of drug-likeness (QED) is 0.309. The first-order valence-electron chi connectivity index (χ1n) is 9.26. The van der Waals surface area contributed by atoms with Crippen LogP contribution in [0.4, 0.5) is 29.1 Å². The first-order valence-corrected chi connectivity index (χ1v) is 9.26. The average molecular weight is 434 g/mol. The third-order valence-corrected chi connectivity index (χ3v) is 4.89. The van der Waals surface area contributed by atoms with E-state index in [1.54, 1.807) is 36.7 Å². The molecule has 1 aliphatic rings. The number of nitrogen functional groups attached to an aromatic ring is 1. The topological polar surface area (TPSA) is 112 Å². The molecule has 3 aromatic rings. The number of fused-ring (bicyclic) bond motifs is 1. The van der Waals surface area contributed by atoms with Crippen molar-refractivity contribution in [1.29, 1.82) is 0 Å². The Hall–Kier alpha value is -3.60. The molecule has 4 rings (SSSR count). The van der Waals surface area contributed by atoms with Gasteiger partial charge in [-0.1, -0.05) is 12.1 Å². The van der Waals surface area contributed by atoms with Crippen LogP contribution in [-0.2, 0) is 0 Å². The van der Waals surface area contributed by atoms with Crippen molar-refractivity contribution < 1.29 is 22.7 Å². The summed E-state index contributed by atoms with van der Waals surface area (Å²) in [6.07, 6.45) is -1.66. The van der Waals surface area contributed by atoms with Crippen LogP contribution in [0.1, 0.15) is 6.42 Å². The van der Waals surface area contributed by atoms with E-state index in [0.717, 1.165) is 28.7 Å². The number of allylic oxidation sites excluding steroid dienone is 3. The summed E-state index contributed by atoms with van der Waals surface area (Å²) < 4.78 is 52.5. The first-order chi connectivity index (χ1) is 14.7. The summed E-state index contributed by atoms with van der Waals surface area (Å²) in [7, 11) is 0. The Labute approximate surface area is 173 Å². The van der Waals surface area contributed by atoms with Crippen LogP contribution in [-0.4, -0.2) is 32.8 Å². The zero-order valence-electron chi connectivity index (χ0n) is 15.9. The molecule has 11 heteroatoms. The van der Waals surface area contributed by atoms with Crippen LogP contribution < -0.4 is 16.4 Å². The Balaban J connectivity index is 1.47. The molecule has 0 amide bonds. The predicted octanol–water partition coefficient (Wildman–Crippen LogP) is 3.80. The summed E-state index contributed by atoms with van der Waals surface area (Å²) in [5.41, 5.74) is 8.18. The van der Waals surface area contributed by atoms with E-state index >= 15 is 0 Å². The molecule has 7 nitrogen and oxygen atoms in total. The van der Waals surface area contributed by atoms with E-state index in [1.165, 1.54) is 0 Å². The van der Waals surface area contributed by atoms with Crippen molar-refractivity contribution in [2.75, 3.05) is 11.1 Å².